The lowest BCUT2D eigenvalue weighted by Gasteiger charge is -2.29. The molecule has 180 valence electrons. The molecule has 1 atom stereocenters. The van der Waals surface area contributed by atoms with Crippen molar-refractivity contribution in [2.75, 3.05) is 13.2 Å². The van der Waals surface area contributed by atoms with Crippen molar-refractivity contribution in [3.8, 4) is 23.3 Å². The molecule has 0 amide bonds. The number of fused-ring (bicyclic) bond motifs is 1. The van der Waals surface area contributed by atoms with Gasteiger partial charge in [-0.2, -0.15) is 5.26 Å². The minimum absolute atomic E-state index is 0.162. The van der Waals surface area contributed by atoms with E-state index in [0.717, 1.165) is 17.7 Å². The predicted octanol–water partition coefficient (Wildman–Crippen LogP) is 5.52. The van der Waals surface area contributed by atoms with Crippen LogP contribution in [0.2, 0.25) is 0 Å². The van der Waals surface area contributed by atoms with Crippen molar-refractivity contribution in [3.63, 3.8) is 0 Å². The van der Waals surface area contributed by atoms with E-state index in [2.05, 4.69) is 18.2 Å². The molecule has 1 aliphatic rings. The molecular formula is C29H30N2O4. The van der Waals surface area contributed by atoms with Crippen molar-refractivity contribution in [2.45, 2.75) is 46.6 Å². The maximum atomic E-state index is 14.0. The summed E-state index contributed by atoms with van der Waals surface area (Å²) in [7, 11) is 0. The van der Waals surface area contributed by atoms with Crippen molar-refractivity contribution in [1.82, 2.24) is 4.57 Å². The smallest absolute Gasteiger partial charge is 0.258 e. The molecule has 35 heavy (non-hydrogen) atoms. The van der Waals surface area contributed by atoms with E-state index in [9.17, 15) is 10.1 Å². The quantitative estimate of drug-likeness (QED) is 0.433. The monoisotopic (exact) mass is 470 g/mol. The molecule has 0 radical (unpaired) electrons. The largest absolute Gasteiger partial charge is 0.490 e. The van der Waals surface area contributed by atoms with Crippen LogP contribution in [-0.2, 0) is 13.0 Å². The van der Waals surface area contributed by atoms with Crippen LogP contribution in [0, 0.1) is 18.3 Å². The first kappa shape index (κ1) is 24.2. The first-order valence-electron chi connectivity index (χ1n) is 12.0. The summed E-state index contributed by atoms with van der Waals surface area (Å²) in [4.78, 5) is 14.0. The number of hydrogen-bond donors (Lipinski definition) is 0. The molecule has 6 heteroatoms. The summed E-state index contributed by atoms with van der Waals surface area (Å²) in [5.41, 5.74) is 3.35. The van der Waals surface area contributed by atoms with E-state index in [4.69, 9.17) is 14.2 Å². The van der Waals surface area contributed by atoms with Gasteiger partial charge < -0.3 is 18.8 Å². The van der Waals surface area contributed by atoms with Crippen LogP contribution in [0.1, 0.15) is 49.1 Å². The third-order valence-electron chi connectivity index (χ3n) is 6.22. The number of aromatic nitrogens is 1. The Morgan fingerprint density at radius 1 is 1.03 bits per heavy atom. The highest BCUT2D eigenvalue weighted by Crippen LogP contribution is 2.46. The van der Waals surface area contributed by atoms with E-state index in [1.165, 1.54) is 0 Å². The van der Waals surface area contributed by atoms with E-state index in [1.54, 1.807) is 11.5 Å². The minimum atomic E-state index is -0.623. The molecule has 1 aliphatic heterocycles. The van der Waals surface area contributed by atoms with Crippen LogP contribution in [0.25, 0.3) is 0 Å². The zero-order chi connectivity index (χ0) is 24.9. The zero-order valence-electron chi connectivity index (χ0n) is 20.6. The highest BCUT2D eigenvalue weighted by atomic mass is 16.5. The zero-order valence-corrected chi connectivity index (χ0v) is 20.6. The lowest BCUT2D eigenvalue weighted by molar-refractivity contribution is 0.284. The van der Waals surface area contributed by atoms with Crippen LogP contribution in [0.5, 0.6) is 17.2 Å². The second-order valence-corrected chi connectivity index (χ2v) is 8.41. The number of hydrogen-bond acceptors (Lipinski definition) is 5. The highest BCUT2D eigenvalue weighted by molar-refractivity contribution is 5.61. The van der Waals surface area contributed by atoms with Gasteiger partial charge in [0.25, 0.3) is 5.56 Å². The Labute approximate surface area is 206 Å². The molecule has 0 spiro atoms. The SMILES string of the molecule is CCOc1cccc([C@H]2C(C#N)=C(C)Oc3cc(C)n(CCc4ccccc4)c(=O)c32)c1OCC. The summed E-state index contributed by atoms with van der Waals surface area (Å²) in [5.74, 6) is 1.48. The molecule has 2 heterocycles. The van der Waals surface area contributed by atoms with E-state index < -0.39 is 5.92 Å². The highest BCUT2D eigenvalue weighted by Gasteiger charge is 2.36. The van der Waals surface area contributed by atoms with Crippen molar-refractivity contribution < 1.29 is 14.2 Å². The van der Waals surface area contributed by atoms with Crippen molar-refractivity contribution in [2.24, 2.45) is 0 Å². The van der Waals surface area contributed by atoms with Gasteiger partial charge in [0.2, 0.25) is 0 Å². The molecule has 2 aromatic carbocycles. The molecule has 0 fully saturated rings. The molecule has 0 N–H and O–H groups in total. The number of rotatable bonds is 8. The normalized spacial score (nSPS) is 14.7. The van der Waals surface area contributed by atoms with E-state index in [1.807, 2.05) is 63.2 Å². The van der Waals surface area contributed by atoms with Gasteiger partial charge in [-0.05, 0) is 45.7 Å². The molecule has 0 bridgehead atoms. The minimum Gasteiger partial charge on any atom is -0.490 e. The van der Waals surface area contributed by atoms with E-state index in [0.29, 0.717) is 59.5 Å². The number of allylic oxidation sites excluding steroid dienone is 2. The Kier molecular flexibility index (Phi) is 7.26. The second kappa shape index (κ2) is 10.5. The molecule has 0 aliphatic carbocycles. The fourth-order valence-electron chi connectivity index (χ4n) is 4.62. The van der Waals surface area contributed by atoms with Crippen molar-refractivity contribution in [1.29, 1.82) is 5.26 Å². The summed E-state index contributed by atoms with van der Waals surface area (Å²) in [6.07, 6.45) is 0.718. The molecule has 4 rings (SSSR count). The number of para-hydroxylation sites is 1. The molecule has 6 nitrogen and oxygen atoms in total. The average molecular weight is 471 g/mol. The van der Waals surface area contributed by atoms with Crippen LogP contribution in [0.3, 0.4) is 0 Å². The fraction of sp³-hybridized carbons (Fsp3) is 0.310. The molecular weight excluding hydrogens is 440 g/mol. The molecule has 0 saturated heterocycles. The van der Waals surface area contributed by atoms with Gasteiger partial charge in [-0.15, -0.1) is 0 Å². The summed E-state index contributed by atoms with van der Waals surface area (Å²) < 4.78 is 19.6. The standard InChI is InChI=1S/C29H30N2O4/c1-5-33-24-14-10-13-22(28(24)34-6-2)26-23(18-30)20(4)35-25-17-19(3)31(29(32)27(25)26)16-15-21-11-8-7-9-12-21/h7-14,17,26H,5-6,15-16H2,1-4H3/t26-/m0/s1. The number of pyridine rings is 1. The topological polar surface area (TPSA) is 73.5 Å². The third kappa shape index (κ3) is 4.67. The molecule has 0 saturated carbocycles. The molecule has 0 unspecified atom stereocenters. The van der Waals surface area contributed by atoms with Gasteiger partial charge in [-0.1, -0.05) is 42.5 Å². The average Bonchev–Trinajstić information content (AvgIpc) is 2.85. The summed E-state index contributed by atoms with van der Waals surface area (Å²) in [5, 5.41) is 10.1. The Balaban J connectivity index is 1.90. The Hall–Kier alpha value is -3.98. The Morgan fingerprint density at radius 3 is 2.46 bits per heavy atom. The van der Waals surface area contributed by atoms with Gasteiger partial charge in [-0.25, -0.2) is 0 Å². The number of ether oxygens (including phenoxy) is 3. The number of aryl methyl sites for hydroxylation is 2. The molecule has 3 aromatic rings. The van der Waals surface area contributed by atoms with Crippen LogP contribution in [0.15, 0.2) is 70.7 Å². The number of nitriles is 1. The van der Waals surface area contributed by atoms with Gasteiger partial charge in [0.1, 0.15) is 11.5 Å². The first-order valence-corrected chi connectivity index (χ1v) is 12.0. The number of benzene rings is 2. The van der Waals surface area contributed by atoms with Crippen molar-refractivity contribution in [3.05, 3.63) is 98.7 Å². The third-order valence-corrected chi connectivity index (χ3v) is 6.22. The Bertz CT molecular complexity index is 1350. The summed E-state index contributed by atoms with van der Waals surface area (Å²) in [6.45, 7) is 8.90. The van der Waals surface area contributed by atoms with Gasteiger partial charge in [-0.3, -0.25) is 4.79 Å². The van der Waals surface area contributed by atoms with Gasteiger partial charge in [0.05, 0.1) is 36.3 Å². The van der Waals surface area contributed by atoms with Gasteiger partial charge in [0, 0.05) is 23.9 Å². The van der Waals surface area contributed by atoms with Gasteiger partial charge >= 0.3 is 0 Å². The first-order chi connectivity index (χ1) is 17.0. The number of nitrogens with zero attached hydrogens (tertiary/aromatic N) is 2. The van der Waals surface area contributed by atoms with Gasteiger partial charge in [0.15, 0.2) is 11.5 Å². The van der Waals surface area contributed by atoms with Crippen LogP contribution in [0.4, 0.5) is 0 Å². The van der Waals surface area contributed by atoms with Crippen LogP contribution in [-0.4, -0.2) is 17.8 Å². The van der Waals surface area contributed by atoms with Crippen LogP contribution >= 0.6 is 0 Å². The van der Waals surface area contributed by atoms with Crippen molar-refractivity contribution >= 4 is 0 Å². The maximum absolute atomic E-state index is 14.0. The Morgan fingerprint density at radius 2 is 1.77 bits per heavy atom. The maximum Gasteiger partial charge on any atom is 0.258 e. The summed E-state index contributed by atoms with van der Waals surface area (Å²) in [6, 6.07) is 19.9. The summed E-state index contributed by atoms with van der Waals surface area (Å²) >= 11 is 0. The van der Waals surface area contributed by atoms with E-state index in [-0.39, 0.29) is 5.56 Å². The lowest BCUT2D eigenvalue weighted by atomic mass is 9.82. The lowest BCUT2D eigenvalue weighted by Crippen LogP contribution is -2.32. The second-order valence-electron chi connectivity index (χ2n) is 8.41. The van der Waals surface area contributed by atoms with E-state index >= 15 is 0 Å². The van der Waals surface area contributed by atoms with Crippen LogP contribution < -0.4 is 19.8 Å². The molecule has 1 aromatic heterocycles. The predicted molar refractivity (Wildman–Crippen MR) is 135 cm³/mol. The fourth-order valence-corrected chi connectivity index (χ4v) is 4.62.